The van der Waals surface area contributed by atoms with Gasteiger partial charge in [0.15, 0.2) is 0 Å². The lowest BCUT2D eigenvalue weighted by atomic mass is 10.2. The van der Waals surface area contributed by atoms with Gasteiger partial charge >= 0.3 is 12.0 Å². The van der Waals surface area contributed by atoms with Gasteiger partial charge in [-0.15, -0.1) is 0 Å². The van der Waals surface area contributed by atoms with E-state index in [9.17, 15) is 14.7 Å². The number of amides is 2. The molecule has 0 aromatic rings. The predicted octanol–water partition coefficient (Wildman–Crippen LogP) is 0.335. The quantitative estimate of drug-likeness (QED) is 0.657. The lowest BCUT2D eigenvalue weighted by molar-refractivity contribution is -0.141. The van der Waals surface area contributed by atoms with Crippen LogP contribution in [0.2, 0.25) is 0 Å². The number of likely N-dealkylation sites (tertiary alicyclic amines) is 1. The average molecular weight is 301 g/mol. The van der Waals surface area contributed by atoms with Gasteiger partial charge in [0.1, 0.15) is 6.04 Å². The zero-order valence-electron chi connectivity index (χ0n) is 13.2. The molecule has 0 saturated carbocycles. The molecule has 0 radical (unpaired) electrons. The molecule has 1 fully saturated rings. The van der Waals surface area contributed by atoms with Crippen LogP contribution in [0.4, 0.5) is 4.79 Å². The number of carbonyl (C=O) groups is 2. The number of hydrogen-bond acceptors (Lipinski definition) is 4. The van der Waals surface area contributed by atoms with Gasteiger partial charge < -0.3 is 20.4 Å². The van der Waals surface area contributed by atoms with Crippen molar-refractivity contribution in [1.29, 1.82) is 0 Å². The molecule has 122 valence electrons. The summed E-state index contributed by atoms with van der Waals surface area (Å²) in [5.74, 6) is -1.08. The van der Waals surface area contributed by atoms with Crippen molar-refractivity contribution >= 4 is 12.0 Å². The highest BCUT2D eigenvalue weighted by Gasteiger charge is 2.38. The van der Waals surface area contributed by atoms with Gasteiger partial charge in [-0.3, -0.25) is 4.90 Å². The normalized spacial score (nSPS) is 22.4. The zero-order valence-corrected chi connectivity index (χ0v) is 13.2. The van der Waals surface area contributed by atoms with E-state index in [0.717, 1.165) is 0 Å². The molecule has 1 heterocycles. The molecule has 0 aliphatic carbocycles. The minimum absolute atomic E-state index is 0.0703. The van der Waals surface area contributed by atoms with E-state index < -0.39 is 24.1 Å². The summed E-state index contributed by atoms with van der Waals surface area (Å²) < 4.78 is 0. The van der Waals surface area contributed by atoms with Gasteiger partial charge in [0.2, 0.25) is 0 Å². The van der Waals surface area contributed by atoms with E-state index in [4.69, 9.17) is 5.11 Å². The third-order valence-corrected chi connectivity index (χ3v) is 3.80. The summed E-state index contributed by atoms with van der Waals surface area (Å²) in [6, 6.07) is -0.609. The number of rotatable bonds is 6. The second-order valence-electron chi connectivity index (χ2n) is 6.05. The number of carbonyl (C=O) groups excluding carboxylic acids is 1. The third-order valence-electron chi connectivity index (χ3n) is 3.80. The van der Waals surface area contributed by atoms with E-state index in [1.165, 1.54) is 4.90 Å². The summed E-state index contributed by atoms with van der Waals surface area (Å²) in [6.45, 7) is 9.61. The minimum atomic E-state index is -1.08. The van der Waals surface area contributed by atoms with Crippen molar-refractivity contribution in [1.82, 2.24) is 15.1 Å². The molecule has 0 unspecified atom stereocenters. The largest absolute Gasteiger partial charge is 0.480 e. The van der Waals surface area contributed by atoms with Gasteiger partial charge in [-0.2, -0.15) is 0 Å². The second-order valence-corrected chi connectivity index (χ2v) is 6.05. The standard InChI is InChI=1S/C14H27N3O4/c1-9(2)16(10(3)4)6-5-15-14(21)17-8-11(18)7-12(17)13(19)20/h9-12,18H,5-8H2,1-4H3,(H,15,21)(H,19,20)/t11-,12+/m1/s1. The first-order chi connectivity index (χ1) is 9.73. The van der Waals surface area contributed by atoms with E-state index in [-0.39, 0.29) is 13.0 Å². The fourth-order valence-corrected chi connectivity index (χ4v) is 2.78. The van der Waals surface area contributed by atoms with Crippen molar-refractivity contribution in [3.8, 4) is 0 Å². The number of urea groups is 1. The Balaban J connectivity index is 2.48. The number of hydrogen-bond donors (Lipinski definition) is 3. The topological polar surface area (TPSA) is 93.1 Å². The van der Waals surface area contributed by atoms with Crippen molar-refractivity contribution in [2.45, 2.75) is 58.3 Å². The van der Waals surface area contributed by atoms with Crippen LogP contribution >= 0.6 is 0 Å². The van der Waals surface area contributed by atoms with Crippen molar-refractivity contribution in [2.75, 3.05) is 19.6 Å². The Bertz CT molecular complexity index is 365. The van der Waals surface area contributed by atoms with Crippen LogP contribution in [0.5, 0.6) is 0 Å². The van der Waals surface area contributed by atoms with E-state index in [0.29, 0.717) is 25.2 Å². The van der Waals surface area contributed by atoms with Crippen LogP contribution in [-0.2, 0) is 4.79 Å². The SMILES string of the molecule is CC(C)N(CCNC(=O)N1C[C@H](O)C[C@H]1C(=O)O)C(C)C. The molecule has 3 N–H and O–H groups in total. The first-order valence-electron chi connectivity index (χ1n) is 7.45. The van der Waals surface area contributed by atoms with Crippen LogP contribution in [0.1, 0.15) is 34.1 Å². The number of β-amino-alcohol motifs (C(OH)–C–C–N with tert-alkyl or cyclic N) is 1. The third kappa shape index (κ3) is 4.86. The summed E-state index contributed by atoms with van der Waals surface area (Å²) in [5, 5.41) is 21.3. The molecule has 0 aromatic carbocycles. The van der Waals surface area contributed by atoms with Gasteiger partial charge in [0, 0.05) is 38.1 Å². The molecule has 0 aromatic heterocycles. The van der Waals surface area contributed by atoms with Crippen molar-refractivity contribution < 1.29 is 19.8 Å². The van der Waals surface area contributed by atoms with Crippen molar-refractivity contribution in [3.05, 3.63) is 0 Å². The molecule has 0 bridgehead atoms. The molecule has 1 aliphatic rings. The highest BCUT2D eigenvalue weighted by atomic mass is 16.4. The maximum Gasteiger partial charge on any atom is 0.326 e. The Morgan fingerprint density at radius 3 is 2.33 bits per heavy atom. The van der Waals surface area contributed by atoms with Crippen LogP contribution in [0.3, 0.4) is 0 Å². The van der Waals surface area contributed by atoms with Gasteiger partial charge in [-0.25, -0.2) is 9.59 Å². The lowest BCUT2D eigenvalue weighted by Gasteiger charge is -2.31. The van der Waals surface area contributed by atoms with E-state index in [1.807, 2.05) is 0 Å². The van der Waals surface area contributed by atoms with Crippen LogP contribution in [-0.4, -0.2) is 75.9 Å². The summed E-state index contributed by atoms with van der Waals surface area (Å²) >= 11 is 0. The molecule has 7 nitrogen and oxygen atoms in total. The first kappa shape index (κ1) is 17.7. The first-order valence-corrected chi connectivity index (χ1v) is 7.45. The Hall–Kier alpha value is -1.34. The van der Waals surface area contributed by atoms with E-state index >= 15 is 0 Å². The van der Waals surface area contributed by atoms with Crippen molar-refractivity contribution in [2.24, 2.45) is 0 Å². The fourth-order valence-electron chi connectivity index (χ4n) is 2.78. The molecule has 2 atom stereocenters. The van der Waals surface area contributed by atoms with Gasteiger partial charge in [-0.05, 0) is 27.7 Å². The Kier molecular flexibility index (Phi) is 6.42. The maximum atomic E-state index is 12.0. The Morgan fingerprint density at radius 2 is 1.86 bits per heavy atom. The highest BCUT2D eigenvalue weighted by Crippen LogP contribution is 2.18. The highest BCUT2D eigenvalue weighted by molar-refractivity contribution is 5.83. The minimum Gasteiger partial charge on any atom is -0.480 e. The number of aliphatic hydroxyl groups excluding tert-OH is 1. The maximum absolute atomic E-state index is 12.0. The molecule has 1 saturated heterocycles. The summed E-state index contributed by atoms with van der Waals surface area (Å²) in [5.41, 5.74) is 0. The molecule has 0 spiro atoms. The number of carboxylic acids is 1. The predicted molar refractivity (Wildman–Crippen MR) is 79.1 cm³/mol. The Labute approximate surface area is 125 Å². The van der Waals surface area contributed by atoms with Crippen LogP contribution in [0.25, 0.3) is 0 Å². The van der Waals surface area contributed by atoms with E-state index in [1.54, 1.807) is 0 Å². The molecule has 21 heavy (non-hydrogen) atoms. The van der Waals surface area contributed by atoms with Crippen LogP contribution < -0.4 is 5.32 Å². The number of nitrogens with one attached hydrogen (secondary N) is 1. The van der Waals surface area contributed by atoms with Crippen LogP contribution in [0.15, 0.2) is 0 Å². The molecular weight excluding hydrogens is 274 g/mol. The number of aliphatic hydroxyl groups is 1. The second kappa shape index (κ2) is 7.61. The molecule has 1 aliphatic heterocycles. The number of nitrogens with zero attached hydrogens (tertiary/aromatic N) is 2. The summed E-state index contributed by atoms with van der Waals surface area (Å²) in [6.07, 6.45) is -0.674. The number of aliphatic carboxylic acids is 1. The van der Waals surface area contributed by atoms with Crippen LogP contribution in [0, 0.1) is 0 Å². The van der Waals surface area contributed by atoms with Crippen molar-refractivity contribution in [3.63, 3.8) is 0 Å². The van der Waals surface area contributed by atoms with Gasteiger partial charge in [-0.1, -0.05) is 0 Å². The average Bonchev–Trinajstić information content (AvgIpc) is 2.75. The van der Waals surface area contributed by atoms with Gasteiger partial charge in [0.25, 0.3) is 0 Å². The monoisotopic (exact) mass is 301 g/mol. The summed E-state index contributed by atoms with van der Waals surface area (Å²) in [4.78, 5) is 26.6. The molecule has 2 amide bonds. The fraction of sp³-hybridized carbons (Fsp3) is 0.857. The van der Waals surface area contributed by atoms with E-state index in [2.05, 4.69) is 37.9 Å². The van der Waals surface area contributed by atoms with Gasteiger partial charge in [0.05, 0.1) is 6.10 Å². The smallest absolute Gasteiger partial charge is 0.326 e. The molecule has 7 heteroatoms. The molecular formula is C14H27N3O4. The zero-order chi connectivity index (χ0) is 16.2. The Morgan fingerprint density at radius 1 is 1.29 bits per heavy atom. The number of carboxylic acid groups (broad SMARTS) is 1. The summed E-state index contributed by atoms with van der Waals surface area (Å²) in [7, 11) is 0. The molecule has 1 rings (SSSR count). The lowest BCUT2D eigenvalue weighted by Crippen LogP contribution is -2.49.